The fourth-order valence-corrected chi connectivity index (χ4v) is 2.74. The van der Waals surface area contributed by atoms with Gasteiger partial charge in [0.25, 0.3) is 5.91 Å². The molecule has 0 aliphatic rings. The largest absolute Gasteiger partial charge is 0.482 e. The Kier molecular flexibility index (Phi) is 5.53. The molecule has 0 spiro atoms. The number of aromatic nitrogens is 1. The van der Waals surface area contributed by atoms with E-state index in [9.17, 15) is 9.59 Å². The number of carbonyl (C=O) groups is 1. The van der Waals surface area contributed by atoms with E-state index in [0.717, 1.165) is 16.6 Å². The van der Waals surface area contributed by atoms with Gasteiger partial charge in [0, 0.05) is 23.7 Å². The quantitative estimate of drug-likeness (QED) is 0.672. The number of nitrogens with one attached hydrogen (secondary N) is 1. The van der Waals surface area contributed by atoms with Crippen LogP contribution in [0.4, 0.5) is 0 Å². The topological polar surface area (TPSA) is 81.4 Å². The number of carbonyl (C=O) groups excluding carboxylic acids is 1. The van der Waals surface area contributed by atoms with Crippen molar-refractivity contribution in [3.8, 4) is 5.75 Å². The van der Waals surface area contributed by atoms with Crippen LogP contribution in [0.25, 0.3) is 11.0 Å². The Bertz CT molecular complexity index is 986. The average molecular weight is 373 g/mol. The highest BCUT2D eigenvalue weighted by Gasteiger charge is 2.12. The average Bonchev–Trinajstić information content (AvgIpc) is 2.65. The number of hydrogen-bond acceptors (Lipinski definition) is 5. The summed E-state index contributed by atoms with van der Waals surface area (Å²) in [5.74, 6) is -0.0286. The molecule has 7 heteroatoms. The Morgan fingerprint density at radius 1 is 1.31 bits per heavy atom. The van der Waals surface area contributed by atoms with Gasteiger partial charge in [-0.3, -0.25) is 9.78 Å². The van der Waals surface area contributed by atoms with Crippen molar-refractivity contribution >= 4 is 28.5 Å². The molecule has 1 amide bonds. The summed E-state index contributed by atoms with van der Waals surface area (Å²) in [6.07, 6.45) is 2.33. The molecule has 0 saturated carbocycles. The van der Waals surface area contributed by atoms with Gasteiger partial charge in [-0.15, -0.1) is 0 Å². The summed E-state index contributed by atoms with van der Waals surface area (Å²) in [7, 11) is 0. The van der Waals surface area contributed by atoms with Gasteiger partial charge in [0.2, 0.25) is 0 Å². The van der Waals surface area contributed by atoms with E-state index < -0.39 is 5.63 Å². The van der Waals surface area contributed by atoms with Crippen LogP contribution in [0.5, 0.6) is 5.75 Å². The summed E-state index contributed by atoms with van der Waals surface area (Å²) >= 11 is 6.24. The van der Waals surface area contributed by atoms with Crippen molar-refractivity contribution in [2.24, 2.45) is 0 Å². The fraction of sp³-hybridized carbons (Fsp3) is 0.211. The number of fused-ring (bicyclic) bond motifs is 1. The lowest BCUT2D eigenvalue weighted by Gasteiger charge is -2.10. The van der Waals surface area contributed by atoms with E-state index in [1.165, 1.54) is 12.1 Å². The third-order valence-corrected chi connectivity index (χ3v) is 4.11. The number of pyridine rings is 1. The maximum absolute atomic E-state index is 11.9. The number of halogens is 1. The number of amides is 1. The van der Waals surface area contributed by atoms with E-state index in [4.69, 9.17) is 20.8 Å². The molecule has 0 fully saturated rings. The first-order valence-electron chi connectivity index (χ1n) is 8.12. The lowest BCUT2D eigenvalue weighted by atomic mass is 10.1. The minimum absolute atomic E-state index is 0.213. The predicted molar refractivity (Wildman–Crippen MR) is 98.5 cm³/mol. The number of hydrogen-bond donors (Lipinski definition) is 1. The van der Waals surface area contributed by atoms with E-state index in [1.807, 2.05) is 19.1 Å². The smallest absolute Gasteiger partial charge is 0.336 e. The van der Waals surface area contributed by atoms with Crippen molar-refractivity contribution in [2.75, 3.05) is 6.61 Å². The Hall–Kier alpha value is -2.86. The third-order valence-electron chi connectivity index (χ3n) is 3.82. The number of aryl methyl sites for hydroxylation is 1. The zero-order valence-corrected chi connectivity index (χ0v) is 14.9. The fourth-order valence-electron chi connectivity index (χ4n) is 2.52. The summed E-state index contributed by atoms with van der Waals surface area (Å²) in [5.41, 5.74) is 1.54. The standard InChI is InChI=1S/C19H17ClN2O4/c1-2-12-7-19(24)26-16-9-17(15(20)8-14(12)16)25-11-18(23)22-10-13-5-3-4-6-21-13/h3-9H,2,10-11H2,1H3,(H,22,23). The molecular weight excluding hydrogens is 356 g/mol. The number of nitrogens with zero attached hydrogens (tertiary/aromatic N) is 1. The molecule has 134 valence electrons. The van der Waals surface area contributed by atoms with Crippen molar-refractivity contribution in [3.05, 3.63) is 69.3 Å². The monoisotopic (exact) mass is 372 g/mol. The zero-order chi connectivity index (χ0) is 18.5. The molecule has 0 saturated heterocycles. The van der Waals surface area contributed by atoms with Crippen LogP contribution in [0.2, 0.25) is 5.02 Å². The van der Waals surface area contributed by atoms with E-state index in [-0.39, 0.29) is 18.3 Å². The van der Waals surface area contributed by atoms with Crippen LogP contribution in [0.15, 0.2) is 51.8 Å². The molecule has 0 bridgehead atoms. The summed E-state index contributed by atoms with van der Waals surface area (Å²) < 4.78 is 10.7. The van der Waals surface area contributed by atoms with Crippen molar-refractivity contribution in [1.82, 2.24) is 10.3 Å². The molecule has 2 aromatic heterocycles. The molecule has 2 heterocycles. The molecule has 3 aromatic rings. The Morgan fingerprint density at radius 2 is 2.15 bits per heavy atom. The van der Waals surface area contributed by atoms with E-state index in [0.29, 0.717) is 23.6 Å². The van der Waals surface area contributed by atoms with Crippen LogP contribution in [-0.2, 0) is 17.8 Å². The summed E-state index contributed by atoms with van der Waals surface area (Å²) in [6.45, 7) is 2.04. The Morgan fingerprint density at radius 3 is 2.88 bits per heavy atom. The van der Waals surface area contributed by atoms with E-state index in [1.54, 1.807) is 18.3 Å². The zero-order valence-electron chi connectivity index (χ0n) is 14.1. The van der Waals surface area contributed by atoms with Crippen molar-refractivity contribution in [1.29, 1.82) is 0 Å². The van der Waals surface area contributed by atoms with Crippen molar-refractivity contribution in [3.63, 3.8) is 0 Å². The minimum atomic E-state index is -0.435. The molecule has 26 heavy (non-hydrogen) atoms. The molecule has 0 aliphatic carbocycles. The van der Waals surface area contributed by atoms with Gasteiger partial charge in [-0.1, -0.05) is 24.6 Å². The molecule has 1 N–H and O–H groups in total. The number of benzene rings is 1. The first kappa shape index (κ1) is 17.9. The van der Waals surface area contributed by atoms with Gasteiger partial charge in [0.1, 0.15) is 11.3 Å². The maximum atomic E-state index is 11.9. The highest BCUT2D eigenvalue weighted by atomic mass is 35.5. The van der Waals surface area contributed by atoms with Gasteiger partial charge in [0.05, 0.1) is 17.3 Å². The van der Waals surface area contributed by atoms with Crippen LogP contribution < -0.4 is 15.7 Å². The lowest BCUT2D eigenvalue weighted by molar-refractivity contribution is -0.123. The Labute approximate surface area is 154 Å². The lowest BCUT2D eigenvalue weighted by Crippen LogP contribution is -2.28. The predicted octanol–water partition coefficient (Wildman–Crippen LogP) is 3.10. The molecular formula is C19H17ClN2O4. The van der Waals surface area contributed by atoms with Crippen LogP contribution >= 0.6 is 11.6 Å². The van der Waals surface area contributed by atoms with Crippen LogP contribution in [0.1, 0.15) is 18.2 Å². The first-order chi connectivity index (χ1) is 12.6. The number of rotatable bonds is 6. The van der Waals surface area contributed by atoms with E-state index >= 15 is 0 Å². The van der Waals surface area contributed by atoms with Gasteiger partial charge >= 0.3 is 5.63 Å². The molecule has 0 unspecified atom stereocenters. The SMILES string of the molecule is CCc1cc(=O)oc2cc(OCC(=O)NCc3ccccn3)c(Cl)cc12. The van der Waals surface area contributed by atoms with Crippen LogP contribution in [0.3, 0.4) is 0 Å². The van der Waals surface area contributed by atoms with E-state index in [2.05, 4.69) is 10.3 Å². The van der Waals surface area contributed by atoms with Gasteiger partial charge in [-0.2, -0.15) is 0 Å². The maximum Gasteiger partial charge on any atom is 0.336 e. The summed E-state index contributed by atoms with van der Waals surface area (Å²) in [4.78, 5) is 27.7. The van der Waals surface area contributed by atoms with Crippen LogP contribution in [0, 0.1) is 0 Å². The normalized spacial score (nSPS) is 10.7. The first-order valence-corrected chi connectivity index (χ1v) is 8.50. The molecule has 1 aromatic carbocycles. The highest BCUT2D eigenvalue weighted by molar-refractivity contribution is 6.32. The summed E-state index contributed by atoms with van der Waals surface area (Å²) in [5, 5.41) is 3.81. The molecule has 0 atom stereocenters. The molecule has 3 rings (SSSR count). The second-order valence-electron chi connectivity index (χ2n) is 5.61. The van der Waals surface area contributed by atoms with Crippen molar-refractivity contribution in [2.45, 2.75) is 19.9 Å². The second kappa shape index (κ2) is 8.01. The van der Waals surface area contributed by atoms with Crippen molar-refractivity contribution < 1.29 is 13.9 Å². The number of ether oxygens (including phenoxy) is 1. The second-order valence-corrected chi connectivity index (χ2v) is 6.02. The van der Waals surface area contributed by atoms with Gasteiger partial charge < -0.3 is 14.5 Å². The Balaban J connectivity index is 1.69. The van der Waals surface area contributed by atoms with Gasteiger partial charge in [-0.25, -0.2) is 4.79 Å². The minimum Gasteiger partial charge on any atom is -0.482 e. The molecule has 0 aliphatic heterocycles. The highest BCUT2D eigenvalue weighted by Crippen LogP contribution is 2.31. The van der Waals surface area contributed by atoms with Gasteiger partial charge in [0.15, 0.2) is 6.61 Å². The van der Waals surface area contributed by atoms with Crippen LogP contribution in [-0.4, -0.2) is 17.5 Å². The molecule has 6 nitrogen and oxygen atoms in total. The summed E-state index contributed by atoms with van der Waals surface area (Å²) in [6, 6.07) is 10.1. The molecule has 0 radical (unpaired) electrons. The van der Waals surface area contributed by atoms with Gasteiger partial charge in [-0.05, 0) is 30.2 Å². The third kappa shape index (κ3) is 4.21.